The molecule has 2 aromatic heterocycles. The van der Waals surface area contributed by atoms with E-state index < -0.39 is 11.7 Å². The van der Waals surface area contributed by atoms with E-state index in [1.807, 2.05) is 6.07 Å². The van der Waals surface area contributed by atoms with Gasteiger partial charge in [-0.3, -0.25) is 4.90 Å². The fourth-order valence-corrected chi connectivity index (χ4v) is 4.71. The molecule has 2 fully saturated rings. The molecule has 3 heterocycles. The van der Waals surface area contributed by atoms with E-state index in [1.165, 1.54) is 17.4 Å². The summed E-state index contributed by atoms with van der Waals surface area (Å²) in [5.41, 5.74) is 0.444. The molecule has 6 nitrogen and oxygen atoms in total. The van der Waals surface area contributed by atoms with E-state index in [0.29, 0.717) is 21.2 Å². The van der Waals surface area contributed by atoms with E-state index in [4.69, 9.17) is 4.74 Å². The monoisotopic (exact) mass is 463 g/mol. The van der Waals surface area contributed by atoms with E-state index in [0.717, 1.165) is 64.2 Å². The maximum Gasteiger partial charge on any atom is 0.418 e. The molecule has 2 aliphatic rings. The summed E-state index contributed by atoms with van der Waals surface area (Å²) in [6.07, 6.45) is -1.60. The summed E-state index contributed by atoms with van der Waals surface area (Å²) >= 11 is 1.30. The molecule has 32 heavy (non-hydrogen) atoms. The van der Waals surface area contributed by atoms with Gasteiger partial charge in [-0.15, -0.1) is 10.2 Å². The molecule has 1 saturated carbocycles. The van der Waals surface area contributed by atoms with Gasteiger partial charge in [0, 0.05) is 25.0 Å². The van der Waals surface area contributed by atoms with E-state index in [9.17, 15) is 13.2 Å². The molecule has 0 spiro atoms. The predicted octanol–water partition coefficient (Wildman–Crippen LogP) is 4.78. The van der Waals surface area contributed by atoms with Gasteiger partial charge >= 0.3 is 6.18 Å². The smallest absolute Gasteiger partial charge is 0.379 e. The van der Waals surface area contributed by atoms with Gasteiger partial charge in [0.15, 0.2) is 5.01 Å². The normalized spacial score (nSPS) is 17.7. The molecule has 0 atom stereocenters. The number of hydrogen-bond acceptors (Lipinski definition) is 7. The highest BCUT2D eigenvalue weighted by atomic mass is 32.1. The third-order valence-corrected chi connectivity index (χ3v) is 6.75. The van der Waals surface area contributed by atoms with Crippen LogP contribution in [0.15, 0.2) is 24.3 Å². The Morgan fingerprint density at radius 1 is 1.12 bits per heavy atom. The highest BCUT2D eigenvalue weighted by Gasteiger charge is 2.36. The zero-order chi connectivity index (χ0) is 22.1. The third-order valence-electron chi connectivity index (χ3n) is 5.84. The standard InChI is InChI=1S/C22H24F3N5OS/c23-22(24,25)17-13-16(14-2-3-14)12-15-4-5-18(27-19(15)17)20-28-29-21(32-20)26-6-1-7-30-8-10-31-11-9-30/h4-5,12-14H,1-3,6-11H2,(H,26,29). The van der Waals surface area contributed by atoms with Gasteiger partial charge in [0.05, 0.1) is 24.3 Å². The van der Waals surface area contributed by atoms with Crippen molar-refractivity contribution in [3.63, 3.8) is 0 Å². The summed E-state index contributed by atoms with van der Waals surface area (Å²) in [5, 5.41) is 13.2. The lowest BCUT2D eigenvalue weighted by molar-refractivity contribution is -0.136. The topological polar surface area (TPSA) is 63.2 Å². The number of morpholine rings is 1. The molecule has 1 aromatic carbocycles. The molecular formula is C22H24F3N5OS. The van der Waals surface area contributed by atoms with Gasteiger partial charge < -0.3 is 10.1 Å². The Kier molecular flexibility index (Phi) is 6.00. The van der Waals surface area contributed by atoms with Crippen LogP contribution in [0, 0.1) is 0 Å². The lowest BCUT2D eigenvalue weighted by atomic mass is 10.0. The fraction of sp³-hybridized carbons (Fsp3) is 0.500. The molecule has 1 saturated heterocycles. The second-order valence-corrected chi connectivity index (χ2v) is 9.23. The summed E-state index contributed by atoms with van der Waals surface area (Å²) in [6, 6.07) is 6.52. The largest absolute Gasteiger partial charge is 0.418 e. The summed E-state index contributed by atoms with van der Waals surface area (Å²) in [4.78, 5) is 6.71. The number of rotatable bonds is 7. The Bertz CT molecular complexity index is 1090. The zero-order valence-electron chi connectivity index (χ0n) is 17.5. The van der Waals surface area contributed by atoms with E-state index in [-0.39, 0.29) is 11.4 Å². The van der Waals surface area contributed by atoms with Gasteiger partial charge in [0.2, 0.25) is 5.13 Å². The molecule has 0 radical (unpaired) electrons. The third kappa shape index (κ3) is 4.87. The van der Waals surface area contributed by atoms with E-state index in [2.05, 4.69) is 25.4 Å². The summed E-state index contributed by atoms with van der Waals surface area (Å²) < 4.78 is 46.6. The van der Waals surface area contributed by atoms with Crippen LogP contribution in [0.5, 0.6) is 0 Å². The van der Waals surface area contributed by atoms with Crippen molar-refractivity contribution in [2.24, 2.45) is 0 Å². The van der Waals surface area contributed by atoms with Crippen molar-refractivity contribution in [1.82, 2.24) is 20.1 Å². The number of benzene rings is 1. The molecule has 0 amide bonds. The van der Waals surface area contributed by atoms with E-state index >= 15 is 0 Å². The maximum absolute atomic E-state index is 13.7. The molecule has 1 aliphatic heterocycles. The van der Waals surface area contributed by atoms with Gasteiger partial charge in [-0.2, -0.15) is 13.2 Å². The number of hydrogen-bond donors (Lipinski definition) is 1. The summed E-state index contributed by atoms with van der Waals surface area (Å²) in [7, 11) is 0. The number of fused-ring (bicyclic) bond motifs is 1. The van der Waals surface area contributed by atoms with Gasteiger partial charge in [-0.1, -0.05) is 17.4 Å². The Balaban J connectivity index is 1.30. The van der Waals surface area contributed by atoms with Crippen LogP contribution >= 0.6 is 11.3 Å². The predicted molar refractivity (Wildman–Crippen MR) is 118 cm³/mol. The molecule has 170 valence electrons. The van der Waals surface area contributed by atoms with Crippen LogP contribution in [-0.2, 0) is 10.9 Å². The molecule has 0 bridgehead atoms. The number of nitrogens with one attached hydrogen (secondary N) is 1. The number of nitrogens with zero attached hydrogens (tertiary/aromatic N) is 4. The SMILES string of the molecule is FC(F)(F)c1cc(C2CC2)cc2ccc(-c3nnc(NCCCN4CCOCC4)s3)nc12. The number of aromatic nitrogens is 3. The Labute approximate surface area is 187 Å². The van der Waals surface area contributed by atoms with Crippen molar-refractivity contribution in [1.29, 1.82) is 0 Å². The first-order chi connectivity index (χ1) is 15.5. The van der Waals surface area contributed by atoms with E-state index in [1.54, 1.807) is 12.1 Å². The lowest BCUT2D eigenvalue weighted by Crippen LogP contribution is -2.37. The average molecular weight is 464 g/mol. The van der Waals surface area contributed by atoms with Crippen molar-refractivity contribution < 1.29 is 17.9 Å². The molecule has 1 N–H and O–H groups in total. The summed E-state index contributed by atoms with van der Waals surface area (Å²) in [5.74, 6) is 0.236. The van der Waals surface area contributed by atoms with Crippen LogP contribution in [0.25, 0.3) is 21.6 Å². The minimum absolute atomic E-state index is 0.0328. The van der Waals surface area contributed by atoms with Crippen molar-refractivity contribution in [3.05, 3.63) is 35.4 Å². The van der Waals surface area contributed by atoms with Crippen LogP contribution in [-0.4, -0.2) is 59.5 Å². The van der Waals surface area contributed by atoms with Crippen molar-refractivity contribution >= 4 is 27.4 Å². The van der Waals surface area contributed by atoms with Crippen LogP contribution in [0.1, 0.15) is 36.3 Å². The number of halogens is 3. The highest BCUT2D eigenvalue weighted by molar-refractivity contribution is 7.18. The first-order valence-electron chi connectivity index (χ1n) is 10.9. The first kappa shape index (κ1) is 21.5. The molecule has 3 aromatic rings. The Morgan fingerprint density at radius 3 is 2.69 bits per heavy atom. The van der Waals surface area contributed by atoms with Crippen LogP contribution in [0.2, 0.25) is 0 Å². The van der Waals surface area contributed by atoms with Gasteiger partial charge in [0.25, 0.3) is 0 Å². The highest BCUT2D eigenvalue weighted by Crippen LogP contribution is 2.44. The van der Waals surface area contributed by atoms with Crippen molar-refractivity contribution in [2.45, 2.75) is 31.4 Å². The molecule has 10 heteroatoms. The molecular weight excluding hydrogens is 439 g/mol. The maximum atomic E-state index is 13.7. The Morgan fingerprint density at radius 2 is 1.94 bits per heavy atom. The number of anilines is 1. The van der Waals surface area contributed by atoms with Gasteiger partial charge in [0.1, 0.15) is 5.69 Å². The number of pyridine rings is 1. The minimum atomic E-state index is -4.46. The molecule has 1 aliphatic carbocycles. The second kappa shape index (κ2) is 8.92. The average Bonchev–Trinajstić information content (AvgIpc) is 3.54. The van der Waals surface area contributed by atoms with Crippen molar-refractivity contribution in [3.8, 4) is 10.7 Å². The molecule has 0 unspecified atom stereocenters. The number of alkyl halides is 3. The van der Waals surface area contributed by atoms with Gasteiger partial charge in [-0.05, 0) is 55.5 Å². The van der Waals surface area contributed by atoms with Crippen LogP contribution in [0.4, 0.5) is 18.3 Å². The van der Waals surface area contributed by atoms with Gasteiger partial charge in [-0.25, -0.2) is 4.98 Å². The Hall–Kier alpha value is -2.30. The lowest BCUT2D eigenvalue weighted by Gasteiger charge is -2.26. The summed E-state index contributed by atoms with van der Waals surface area (Å²) in [6.45, 7) is 5.21. The quantitative estimate of drug-likeness (QED) is 0.509. The first-order valence-corrected chi connectivity index (χ1v) is 11.7. The second-order valence-electron chi connectivity index (χ2n) is 8.26. The van der Waals surface area contributed by atoms with Crippen molar-refractivity contribution in [2.75, 3.05) is 44.7 Å². The fourth-order valence-electron chi connectivity index (χ4n) is 3.97. The van der Waals surface area contributed by atoms with Crippen LogP contribution < -0.4 is 5.32 Å². The zero-order valence-corrected chi connectivity index (χ0v) is 18.3. The minimum Gasteiger partial charge on any atom is -0.379 e. The number of ether oxygens (including phenoxy) is 1. The van der Waals surface area contributed by atoms with Crippen LogP contribution in [0.3, 0.4) is 0 Å². The molecule has 5 rings (SSSR count).